The summed E-state index contributed by atoms with van der Waals surface area (Å²) in [5.41, 5.74) is 2.49. The van der Waals surface area contributed by atoms with E-state index < -0.39 is 0 Å². The minimum absolute atomic E-state index is 0.0761. The van der Waals surface area contributed by atoms with Crippen molar-refractivity contribution in [3.63, 3.8) is 0 Å². The molecular formula is C15H18O3. The molecule has 0 saturated carbocycles. The number of fused-ring (bicyclic) bond motifs is 1. The highest BCUT2D eigenvalue weighted by molar-refractivity contribution is 5.85. The molecule has 18 heavy (non-hydrogen) atoms. The monoisotopic (exact) mass is 246 g/mol. The van der Waals surface area contributed by atoms with Crippen LogP contribution in [0.15, 0.2) is 52.4 Å². The number of hydrogen-bond donors (Lipinski definition) is 0. The van der Waals surface area contributed by atoms with E-state index in [1.165, 1.54) is 11.1 Å². The molecule has 0 bridgehead atoms. The standard InChI is InChI=1S/C11H14O2.C4H4O/c1-8-4-3-5-11(2)7-13-10(12)6-9(8)11;1-2-4-5-3-1/h4,6H,3,5,7H2,1-2H3;1-4H/t11-;/m0./s1. The van der Waals surface area contributed by atoms with Gasteiger partial charge in [-0.1, -0.05) is 18.6 Å². The van der Waals surface area contributed by atoms with Gasteiger partial charge >= 0.3 is 5.97 Å². The van der Waals surface area contributed by atoms with Gasteiger partial charge in [0, 0.05) is 11.5 Å². The summed E-state index contributed by atoms with van der Waals surface area (Å²) >= 11 is 0. The van der Waals surface area contributed by atoms with Crippen LogP contribution in [0, 0.1) is 5.41 Å². The first-order chi connectivity index (χ1) is 8.62. The van der Waals surface area contributed by atoms with Crippen molar-refractivity contribution in [2.24, 2.45) is 5.41 Å². The molecule has 1 atom stereocenters. The molecule has 2 aliphatic rings. The maximum Gasteiger partial charge on any atom is 0.331 e. The van der Waals surface area contributed by atoms with Gasteiger partial charge < -0.3 is 9.15 Å². The van der Waals surface area contributed by atoms with Crippen LogP contribution in [0.2, 0.25) is 0 Å². The second-order valence-electron chi connectivity index (χ2n) is 4.95. The Kier molecular flexibility index (Phi) is 3.70. The third kappa shape index (κ3) is 2.73. The highest BCUT2D eigenvalue weighted by atomic mass is 16.5. The van der Waals surface area contributed by atoms with Crippen molar-refractivity contribution in [2.45, 2.75) is 26.7 Å². The van der Waals surface area contributed by atoms with Crippen molar-refractivity contribution in [1.29, 1.82) is 0 Å². The minimum atomic E-state index is -0.192. The Morgan fingerprint density at radius 1 is 1.28 bits per heavy atom. The molecule has 96 valence electrons. The van der Waals surface area contributed by atoms with E-state index in [0.29, 0.717) is 6.61 Å². The zero-order valence-corrected chi connectivity index (χ0v) is 10.8. The van der Waals surface area contributed by atoms with Gasteiger partial charge in [0.1, 0.15) is 6.61 Å². The average Bonchev–Trinajstić information content (AvgIpc) is 2.90. The van der Waals surface area contributed by atoms with Crippen LogP contribution in [-0.4, -0.2) is 12.6 Å². The lowest BCUT2D eigenvalue weighted by molar-refractivity contribution is -0.142. The van der Waals surface area contributed by atoms with Gasteiger partial charge in [0.15, 0.2) is 0 Å². The van der Waals surface area contributed by atoms with E-state index in [1.807, 2.05) is 12.1 Å². The van der Waals surface area contributed by atoms with E-state index in [-0.39, 0.29) is 11.4 Å². The lowest BCUT2D eigenvalue weighted by Gasteiger charge is -2.37. The van der Waals surface area contributed by atoms with Crippen LogP contribution < -0.4 is 0 Å². The first-order valence-electron chi connectivity index (χ1n) is 6.15. The van der Waals surface area contributed by atoms with E-state index in [9.17, 15) is 4.79 Å². The molecule has 0 unspecified atom stereocenters. The highest BCUT2D eigenvalue weighted by Gasteiger charge is 2.36. The summed E-state index contributed by atoms with van der Waals surface area (Å²) in [5.74, 6) is -0.192. The van der Waals surface area contributed by atoms with Crippen LogP contribution in [0.25, 0.3) is 0 Å². The maximum atomic E-state index is 11.1. The number of carbonyl (C=O) groups is 1. The van der Waals surface area contributed by atoms with E-state index >= 15 is 0 Å². The topological polar surface area (TPSA) is 39.4 Å². The number of furan rings is 1. The smallest absolute Gasteiger partial charge is 0.331 e. The second kappa shape index (κ2) is 5.25. The number of esters is 1. The van der Waals surface area contributed by atoms with Gasteiger partial charge in [-0.2, -0.15) is 0 Å². The number of cyclic esters (lactones) is 1. The number of rotatable bonds is 0. The van der Waals surface area contributed by atoms with Crippen LogP contribution in [0.1, 0.15) is 26.7 Å². The Morgan fingerprint density at radius 3 is 2.61 bits per heavy atom. The molecule has 1 aliphatic carbocycles. The third-order valence-corrected chi connectivity index (χ3v) is 3.44. The first kappa shape index (κ1) is 12.7. The molecule has 1 aliphatic heterocycles. The van der Waals surface area contributed by atoms with Gasteiger partial charge in [-0.05, 0) is 37.5 Å². The summed E-state index contributed by atoms with van der Waals surface area (Å²) in [4.78, 5) is 11.1. The lowest BCUT2D eigenvalue weighted by atomic mass is 9.71. The quantitative estimate of drug-likeness (QED) is 0.658. The molecular weight excluding hydrogens is 228 g/mol. The predicted octanol–water partition coefficient (Wildman–Crippen LogP) is 3.50. The Bertz CT molecular complexity index is 451. The van der Waals surface area contributed by atoms with Crippen LogP contribution in [0.5, 0.6) is 0 Å². The summed E-state index contributed by atoms with van der Waals surface area (Å²) in [6, 6.07) is 3.67. The van der Waals surface area contributed by atoms with E-state index in [1.54, 1.807) is 18.6 Å². The molecule has 0 spiro atoms. The summed E-state index contributed by atoms with van der Waals surface area (Å²) in [6.07, 6.45) is 9.28. The molecule has 1 aromatic rings. The fourth-order valence-electron chi connectivity index (χ4n) is 2.38. The molecule has 0 N–H and O–H groups in total. The third-order valence-electron chi connectivity index (χ3n) is 3.44. The van der Waals surface area contributed by atoms with Gasteiger partial charge in [0.05, 0.1) is 12.5 Å². The van der Waals surface area contributed by atoms with Crippen molar-refractivity contribution in [2.75, 3.05) is 6.61 Å². The molecule has 0 radical (unpaired) electrons. The van der Waals surface area contributed by atoms with Crippen molar-refractivity contribution >= 4 is 5.97 Å². The Morgan fingerprint density at radius 2 is 2.00 bits per heavy atom. The normalized spacial score (nSPS) is 26.0. The number of hydrogen-bond acceptors (Lipinski definition) is 3. The van der Waals surface area contributed by atoms with Crippen LogP contribution >= 0.6 is 0 Å². The van der Waals surface area contributed by atoms with E-state index in [0.717, 1.165) is 12.8 Å². The van der Waals surface area contributed by atoms with Crippen LogP contribution in [-0.2, 0) is 9.53 Å². The first-order valence-corrected chi connectivity index (χ1v) is 6.15. The summed E-state index contributed by atoms with van der Waals surface area (Å²) < 4.78 is 9.64. The highest BCUT2D eigenvalue weighted by Crippen LogP contribution is 2.42. The lowest BCUT2D eigenvalue weighted by Crippen LogP contribution is -2.33. The zero-order chi connectivity index (χ0) is 13.0. The van der Waals surface area contributed by atoms with Gasteiger partial charge in [-0.3, -0.25) is 0 Å². The molecule has 3 rings (SSSR count). The van der Waals surface area contributed by atoms with Crippen molar-refractivity contribution in [3.05, 3.63) is 48.0 Å². The van der Waals surface area contributed by atoms with E-state index in [2.05, 4.69) is 24.3 Å². The second-order valence-corrected chi connectivity index (χ2v) is 4.95. The molecule has 1 aromatic heterocycles. The maximum absolute atomic E-state index is 11.1. The van der Waals surface area contributed by atoms with Crippen molar-refractivity contribution in [3.8, 4) is 0 Å². The SMILES string of the molecule is CC1=CCC[C@@]2(C)COC(=O)C=C12.c1ccoc1. The fraction of sp³-hybridized carbons (Fsp3) is 0.400. The zero-order valence-electron chi connectivity index (χ0n) is 10.8. The fourth-order valence-corrected chi connectivity index (χ4v) is 2.38. The average molecular weight is 246 g/mol. The summed E-state index contributed by atoms with van der Waals surface area (Å²) in [5, 5.41) is 0. The summed E-state index contributed by atoms with van der Waals surface area (Å²) in [7, 11) is 0. The van der Waals surface area contributed by atoms with Gasteiger partial charge in [-0.25, -0.2) is 4.79 Å². The minimum Gasteiger partial charge on any atom is -0.473 e. The van der Waals surface area contributed by atoms with Gasteiger partial charge in [0.25, 0.3) is 0 Å². The largest absolute Gasteiger partial charge is 0.473 e. The number of carbonyl (C=O) groups excluding carboxylic acids is 1. The van der Waals surface area contributed by atoms with Crippen LogP contribution in [0.3, 0.4) is 0 Å². The van der Waals surface area contributed by atoms with Crippen molar-refractivity contribution in [1.82, 2.24) is 0 Å². The molecule has 2 heterocycles. The van der Waals surface area contributed by atoms with E-state index in [4.69, 9.17) is 4.74 Å². The Hall–Kier alpha value is -1.77. The van der Waals surface area contributed by atoms with Gasteiger partial charge in [0.2, 0.25) is 0 Å². The number of ether oxygens (including phenoxy) is 1. The predicted molar refractivity (Wildman–Crippen MR) is 68.8 cm³/mol. The van der Waals surface area contributed by atoms with Crippen LogP contribution in [0.4, 0.5) is 0 Å². The van der Waals surface area contributed by atoms with Gasteiger partial charge in [-0.15, -0.1) is 0 Å². The number of allylic oxidation sites excluding steroid dienone is 2. The molecule has 0 saturated heterocycles. The summed E-state index contributed by atoms with van der Waals surface area (Å²) in [6.45, 7) is 4.78. The molecule has 3 nitrogen and oxygen atoms in total. The molecule has 0 fully saturated rings. The molecule has 0 amide bonds. The Labute approximate surface area is 107 Å². The Balaban J connectivity index is 0.000000202. The molecule has 3 heteroatoms. The van der Waals surface area contributed by atoms with Crippen molar-refractivity contribution < 1.29 is 13.9 Å². The molecule has 0 aromatic carbocycles.